The molecule has 5 heteroatoms. The first-order valence-electron chi connectivity index (χ1n) is 21.0. The monoisotopic (exact) mass is 786 g/mol. The van der Waals surface area contributed by atoms with Crippen LogP contribution in [0.15, 0.2) is 170 Å². The summed E-state index contributed by atoms with van der Waals surface area (Å²) in [6, 6.07) is 54.5. The van der Waals surface area contributed by atoms with E-state index in [0.29, 0.717) is 6.67 Å². The van der Waals surface area contributed by atoms with E-state index in [-0.39, 0.29) is 16.2 Å². The summed E-state index contributed by atoms with van der Waals surface area (Å²) in [6.45, 7) is 18.8. The van der Waals surface area contributed by atoms with Crippen LogP contribution in [0, 0.1) is 0 Å². The topological polar surface area (TPSA) is 33.5 Å². The Bertz CT molecular complexity index is 2870. The van der Waals surface area contributed by atoms with Crippen LogP contribution in [0.1, 0.15) is 77.6 Å². The lowest BCUT2D eigenvalue weighted by Gasteiger charge is -2.29. The van der Waals surface area contributed by atoms with Crippen molar-refractivity contribution in [3.8, 4) is 28.4 Å². The molecular weight excluding hydrogens is 733 g/mol. The molecule has 3 heterocycles. The van der Waals surface area contributed by atoms with Crippen molar-refractivity contribution in [1.82, 2.24) is 9.55 Å². The van der Waals surface area contributed by atoms with Crippen LogP contribution in [0.25, 0.3) is 38.8 Å². The zero-order chi connectivity index (χ0) is 41.8. The molecule has 0 unspecified atom stereocenters. The SMILES string of the molecule is CC(C)(C)c1cc(-c2ccccc2)cc(N2C=CN(c3cc(Oc4ccc5c6ccccc6n(-c6cc(C(C)(C)C)ccn6)c5c4)cc(C(C)(C)c4ccccc4)c3)C2)c1. The Morgan fingerprint density at radius 2 is 1.10 bits per heavy atom. The van der Waals surface area contributed by atoms with Crippen molar-refractivity contribution in [2.75, 3.05) is 16.5 Å². The second-order valence-corrected chi connectivity index (χ2v) is 18.8. The van der Waals surface area contributed by atoms with Gasteiger partial charge in [0.15, 0.2) is 0 Å². The molecule has 0 saturated carbocycles. The Kier molecular flexibility index (Phi) is 9.66. The molecule has 0 spiro atoms. The van der Waals surface area contributed by atoms with Gasteiger partial charge in [0.2, 0.25) is 0 Å². The largest absolute Gasteiger partial charge is 0.457 e. The normalized spacial score (nSPS) is 13.5. The molecule has 60 heavy (non-hydrogen) atoms. The van der Waals surface area contributed by atoms with Gasteiger partial charge in [-0.05, 0) is 98.8 Å². The summed E-state index contributed by atoms with van der Waals surface area (Å²) in [6.07, 6.45) is 6.31. The van der Waals surface area contributed by atoms with Crippen molar-refractivity contribution in [3.05, 3.63) is 193 Å². The first-order valence-corrected chi connectivity index (χ1v) is 21.0. The molecule has 0 saturated heterocycles. The molecule has 8 aromatic rings. The van der Waals surface area contributed by atoms with E-state index in [2.05, 4.69) is 234 Å². The van der Waals surface area contributed by atoms with E-state index in [0.717, 1.165) is 39.4 Å². The summed E-state index contributed by atoms with van der Waals surface area (Å²) >= 11 is 0. The summed E-state index contributed by atoms with van der Waals surface area (Å²) in [5, 5.41) is 2.35. The average Bonchev–Trinajstić information content (AvgIpc) is 3.87. The second-order valence-electron chi connectivity index (χ2n) is 18.8. The Hall–Kier alpha value is -6.59. The van der Waals surface area contributed by atoms with Gasteiger partial charge in [-0.3, -0.25) is 4.57 Å². The molecule has 2 aromatic heterocycles. The van der Waals surface area contributed by atoms with Gasteiger partial charge in [0.25, 0.3) is 0 Å². The zero-order valence-corrected chi connectivity index (χ0v) is 36.1. The maximum atomic E-state index is 6.95. The molecule has 0 amide bonds. The molecule has 0 atom stereocenters. The Morgan fingerprint density at radius 3 is 1.82 bits per heavy atom. The molecule has 300 valence electrons. The van der Waals surface area contributed by atoms with Crippen molar-refractivity contribution in [2.45, 2.75) is 71.6 Å². The number of benzene rings is 6. The van der Waals surface area contributed by atoms with Crippen LogP contribution in [-0.2, 0) is 16.2 Å². The van der Waals surface area contributed by atoms with Gasteiger partial charge < -0.3 is 14.5 Å². The fraction of sp³-hybridized carbons (Fsp3) is 0.218. The predicted octanol–water partition coefficient (Wildman–Crippen LogP) is 14.3. The highest BCUT2D eigenvalue weighted by molar-refractivity contribution is 6.09. The van der Waals surface area contributed by atoms with E-state index in [9.17, 15) is 0 Å². The molecule has 6 aromatic carbocycles. The van der Waals surface area contributed by atoms with Crippen molar-refractivity contribution in [2.24, 2.45) is 0 Å². The quantitative estimate of drug-likeness (QED) is 0.154. The Labute approximate surface area is 355 Å². The van der Waals surface area contributed by atoms with E-state index in [1.54, 1.807) is 0 Å². The third-order valence-electron chi connectivity index (χ3n) is 12.1. The molecule has 0 N–H and O–H groups in total. The van der Waals surface area contributed by atoms with Crippen molar-refractivity contribution < 1.29 is 4.74 Å². The van der Waals surface area contributed by atoms with Gasteiger partial charge >= 0.3 is 0 Å². The van der Waals surface area contributed by atoms with Gasteiger partial charge in [-0.15, -0.1) is 0 Å². The Balaban J connectivity index is 1.11. The molecule has 0 bridgehead atoms. The van der Waals surface area contributed by atoms with E-state index >= 15 is 0 Å². The fourth-order valence-electron chi connectivity index (χ4n) is 8.36. The highest BCUT2D eigenvalue weighted by Crippen LogP contribution is 2.41. The number of fused-ring (bicyclic) bond motifs is 3. The van der Waals surface area contributed by atoms with Crippen LogP contribution in [0.4, 0.5) is 11.4 Å². The first kappa shape index (κ1) is 38.9. The van der Waals surface area contributed by atoms with Gasteiger partial charge in [-0.25, -0.2) is 4.98 Å². The lowest BCUT2D eigenvalue weighted by atomic mass is 9.78. The number of hydrogen-bond acceptors (Lipinski definition) is 4. The standard InChI is InChI=1S/C55H54N4O/c1-53(2,3)41-25-26-56-52(34-41)59-50-22-16-15-21-48(50)49-24-23-46(36-51(49)59)60-47-33-43(55(7,8)40-19-13-10-14-20-40)32-45(35-47)58-28-27-57(37-58)44-30-39(38-17-11-9-12-18-38)29-42(31-44)54(4,5)6/h9-36H,37H2,1-8H3. The minimum absolute atomic E-state index is 0.00336. The van der Waals surface area contributed by atoms with Crippen LogP contribution in [-0.4, -0.2) is 16.2 Å². The van der Waals surface area contributed by atoms with Crippen LogP contribution < -0.4 is 14.5 Å². The minimum atomic E-state index is -0.287. The summed E-state index contributed by atoms with van der Waals surface area (Å²) in [5.41, 5.74) is 11.5. The number of nitrogens with zero attached hydrogens (tertiary/aromatic N) is 4. The summed E-state index contributed by atoms with van der Waals surface area (Å²) in [5.74, 6) is 2.45. The lowest BCUT2D eigenvalue weighted by molar-refractivity contribution is 0.480. The molecule has 9 rings (SSSR count). The molecule has 1 aliphatic heterocycles. The number of aromatic nitrogens is 2. The Morgan fingerprint density at radius 1 is 0.467 bits per heavy atom. The number of pyridine rings is 1. The van der Waals surface area contributed by atoms with Crippen LogP contribution in [0.5, 0.6) is 11.5 Å². The van der Waals surface area contributed by atoms with Crippen LogP contribution in [0.3, 0.4) is 0 Å². The highest BCUT2D eigenvalue weighted by atomic mass is 16.5. The maximum Gasteiger partial charge on any atom is 0.137 e. The van der Waals surface area contributed by atoms with Crippen LogP contribution in [0.2, 0.25) is 0 Å². The summed E-state index contributed by atoms with van der Waals surface area (Å²) in [7, 11) is 0. The number of hydrogen-bond donors (Lipinski definition) is 0. The molecule has 5 nitrogen and oxygen atoms in total. The van der Waals surface area contributed by atoms with Gasteiger partial charge in [0.1, 0.15) is 17.3 Å². The van der Waals surface area contributed by atoms with Gasteiger partial charge in [-0.1, -0.05) is 140 Å². The third kappa shape index (κ3) is 7.45. The van der Waals surface area contributed by atoms with Gasteiger partial charge in [0, 0.05) is 58.3 Å². The summed E-state index contributed by atoms with van der Waals surface area (Å²) in [4.78, 5) is 9.56. The molecule has 1 aliphatic rings. The maximum absolute atomic E-state index is 6.95. The number of ether oxygens (including phenoxy) is 1. The van der Waals surface area contributed by atoms with E-state index in [1.807, 2.05) is 6.20 Å². The highest BCUT2D eigenvalue weighted by Gasteiger charge is 2.27. The van der Waals surface area contributed by atoms with Crippen molar-refractivity contribution >= 4 is 33.2 Å². The van der Waals surface area contributed by atoms with E-state index in [4.69, 9.17) is 9.72 Å². The number of anilines is 2. The molecular formula is C55H54N4O. The van der Waals surface area contributed by atoms with Crippen molar-refractivity contribution in [3.63, 3.8) is 0 Å². The molecule has 0 radical (unpaired) electrons. The molecule has 0 aliphatic carbocycles. The number of para-hydroxylation sites is 1. The van der Waals surface area contributed by atoms with Gasteiger partial charge in [-0.2, -0.15) is 0 Å². The second kappa shape index (κ2) is 14.9. The summed E-state index contributed by atoms with van der Waals surface area (Å²) < 4.78 is 9.23. The predicted molar refractivity (Wildman–Crippen MR) is 252 cm³/mol. The molecule has 0 fully saturated rings. The van der Waals surface area contributed by atoms with Gasteiger partial charge in [0.05, 0.1) is 17.7 Å². The first-order chi connectivity index (χ1) is 28.7. The minimum Gasteiger partial charge on any atom is -0.457 e. The third-order valence-corrected chi connectivity index (χ3v) is 12.1. The van der Waals surface area contributed by atoms with E-state index in [1.165, 1.54) is 44.5 Å². The average molecular weight is 787 g/mol. The van der Waals surface area contributed by atoms with Crippen molar-refractivity contribution in [1.29, 1.82) is 0 Å². The van der Waals surface area contributed by atoms with Crippen LogP contribution >= 0.6 is 0 Å². The fourth-order valence-corrected chi connectivity index (χ4v) is 8.36. The lowest BCUT2D eigenvalue weighted by Crippen LogP contribution is -2.26. The zero-order valence-electron chi connectivity index (χ0n) is 36.1. The number of rotatable bonds is 8. The van der Waals surface area contributed by atoms with E-state index < -0.39 is 0 Å². The smallest absolute Gasteiger partial charge is 0.137 e.